The lowest BCUT2D eigenvalue weighted by atomic mass is 10.1. The van der Waals surface area contributed by atoms with Gasteiger partial charge in [0.05, 0.1) is 13.8 Å². The van der Waals surface area contributed by atoms with Gasteiger partial charge in [0.2, 0.25) is 0 Å². The van der Waals surface area contributed by atoms with E-state index in [1.165, 1.54) is 28.3 Å². The Hall–Kier alpha value is -1.41. The highest BCUT2D eigenvalue weighted by atomic mass is 28.3. The van der Waals surface area contributed by atoms with Crippen LogP contribution in [0, 0.1) is 6.92 Å². The van der Waals surface area contributed by atoms with E-state index in [9.17, 15) is 0 Å². The van der Waals surface area contributed by atoms with Crippen molar-refractivity contribution in [1.29, 1.82) is 0 Å². The van der Waals surface area contributed by atoms with E-state index < -0.39 is 8.07 Å². The number of aromatic nitrogens is 1. The van der Waals surface area contributed by atoms with Crippen LogP contribution in [-0.4, -0.2) is 13.1 Å². The molecule has 0 fully saturated rings. The van der Waals surface area contributed by atoms with Crippen LogP contribution in [0.4, 0.5) is 0 Å². The number of hydrogen-bond donors (Lipinski definition) is 0. The maximum absolute atomic E-state index is 4.72. The summed E-state index contributed by atoms with van der Waals surface area (Å²) in [6, 6.07) is 11.0. The van der Waals surface area contributed by atoms with Crippen molar-refractivity contribution in [3.05, 3.63) is 47.7 Å². The van der Waals surface area contributed by atoms with Crippen LogP contribution in [0.1, 0.15) is 24.5 Å². The van der Waals surface area contributed by atoms with E-state index in [0.717, 1.165) is 12.1 Å². The van der Waals surface area contributed by atoms with Crippen LogP contribution in [0.5, 0.6) is 0 Å². The Morgan fingerprint density at radius 3 is 2.25 bits per heavy atom. The highest BCUT2D eigenvalue weighted by molar-refractivity contribution is 6.89. The standard InChI is InChI=1S/C18H25NSi/c1-6-7-16-12-17(15-10-8-14(2)9-11-15)19-13-18(16)20(3,4)5/h8-13H,6-7H2,1-5H3. The molecule has 106 valence electrons. The minimum Gasteiger partial charge on any atom is -0.256 e. The molecule has 0 aliphatic heterocycles. The molecule has 0 radical (unpaired) electrons. The molecular formula is C18H25NSi. The van der Waals surface area contributed by atoms with E-state index >= 15 is 0 Å². The summed E-state index contributed by atoms with van der Waals surface area (Å²) >= 11 is 0. The number of aryl methyl sites for hydroxylation is 2. The van der Waals surface area contributed by atoms with Crippen LogP contribution < -0.4 is 5.19 Å². The molecule has 0 aliphatic rings. The van der Waals surface area contributed by atoms with E-state index in [1.807, 2.05) is 0 Å². The zero-order chi connectivity index (χ0) is 14.8. The van der Waals surface area contributed by atoms with Crippen molar-refractivity contribution in [2.75, 3.05) is 0 Å². The first kappa shape index (κ1) is 15.0. The molecule has 0 N–H and O–H groups in total. The van der Waals surface area contributed by atoms with Crippen molar-refractivity contribution in [3.63, 3.8) is 0 Å². The highest BCUT2D eigenvalue weighted by Gasteiger charge is 2.20. The summed E-state index contributed by atoms with van der Waals surface area (Å²) in [4.78, 5) is 4.72. The first-order chi connectivity index (χ1) is 9.41. The fraction of sp³-hybridized carbons (Fsp3) is 0.389. The van der Waals surface area contributed by atoms with E-state index in [0.29, 0.717) is 0 Å². The summed E-state index contributed by atoms with van der Waals surface area (Å²) in [6.45, 7) is 11.6. The fourth-order valence-corrected chi connectivity index (χ4v) is 4.14. The van der Waals surface area contributed by atoms with E-state index in [2.05, 4.69) is 70.0 Å². The summed E-state index contributed by atoms with van der Waals surface area (Å²) in [6.07, 6.45) is 4.47. The summed E-state index contributed by atoms with van der Waals surface area (Å²) in [5.74, 6) is 0. The molecule has 0 saturated heterocycles. The molecule has 1 aromatic carbocycles. The topological polar surface area (TPSA) is 12.9 Å². The molecule has 1 heterocycles. The molecule has 20 heavy (non-hydrogen) atoms. The lowest BCUT2D eigenvalue weighted by Crippen LogP contribution is -2.40. The minimum atomic E-state index is -1.31. The molecule has 0 unspecified atom stereocenters. The predicted molar refractivity (Wildman–Crippen MR) is 91.4 cm³/mol. The SMILES string of the molecule is CCCc1cc(-c2ccc(C)cc2)ncc1[Si](C)(C)C. The lowest BCUT2D eigenvalue weighted by Gasteiger charge is -2.21. The zero-order valence-corrected chi connectivity index (χ0v) is 14.3. The molecule has 2 rings (SSSR count). The van der Waals surface area contributed by atoms with E-state index in [-0.39, 0.29) is 0 Å². The maximum Gasteiger partial charge on any atom is 0.0799 e. The van der Waals surface area contributed by atoms with Gasteiger partial charge in [0.1, 0.15) is 0 Å². The van der Waals surface area contributed by atoms with Gasteiger partial charge >= 0.3 is 0 Å². The Morgan fingerprint density at radius 1 is 1.05 bits per heavy atom. The normalized spacial score (nSPS) is 11.7. The Balaban J connectivity index is 2.47. The van der Waals surface area contributed by atoms with Crippen molar-refractivity contribution in [3.8, 4) is 11.3 Å². The van der Waals surface area contributed by atoms with Crippen LogP contribution in [0.2, 0.25) is 19.6 Å². The second-order valence-electron chi connectivity index (χ2n) is 6.59. The van der Waals surface area contributed by atoms with Crippen LogP contribution in [0.15, 0.2) is 36.5 Å². The number of hydrogen-bond acceptors (Lipinski definition) is 1. The molecule has 0 spiro atoms. The number of nitrogens with zero attached hydrogens (tertiary/aromatic N) is 1. The van der Waals surface area contributed by atoms with Crippen LogP contribution in [0.3, 0.4) is 0 Å². The zero-order valence-electron chi connectivity index (χ0n) is 13.3. The second kappa shape index (κ2) is 5.92. The second-order valence-corrected chi connectivity index (χ2v) is 11.6. The molecule has 0 saturated carbocycles. The Kier molecular flexibility index (Phi) is 4.44. The Bertz CT molecular complexity index is 579. The van der Waals surface area contributed by atoms with Crippen molar-refractivity contribution < 1.29 is 0 Å². The molecule has 0 bridgehead atoms. The monoisotopic (exact) mass is 283 g/mol. The first-order valence-electron chi connectivity index (χ1n) is 7.48. The number of benzene rings is 1. The van der Waals surface area contributed by atoms with Crippen LogP contribution >= 0.6 is 0 Å². The highest BCUT2D eigenvalue weighted by Crippen LogP contribution is 2.20. The average Bonchev–Trinajstić information content (AvgIpc) is 2.38. The number of pyridine rings is 1. The third-order valence-electron chi connectivity index (χ3n) is 3.66. The molecule has 1 aromatic heterocycles. The Morgan fingerprint density at radius 2 is 1.70 bits per heavy atom. The van der Waals surface area contributed by atoms with Crippen molar-refractivity contribution in [2.24, 2.45) is 0 Å². The fourth-order valence-electron chi connectivity index (χ4n) is 2.53. The summed E-state index contributed by atoms with van der Waals surface area (Å²) in [5.41, 5.74) is 5.11. The molecule has 0 aliphatic carbocycles. The van der Waals surface area contributed by atoms with Crippen molar-refractivity contribution in [2.45, 2.75) is 46.3 Å². The third-order valence-corrected chi connectivity index (χ3v) is 5.73. The largest absolute Gasteiger partial charge is 0.256 e. The quantitative estimate of drug-likeness (QED) is 0.750. The van der Waals surface area contributed by atoms with Gasteiger partial charge in [0.15, 0.2) is 0 Å². The average molecular weight is 283 g/mol. The van der Waals surface area contributed by atoms with E-state index in [1.54, 1.807) is 0 Å². The van der Waals surface area contributed by atoms with Gasteiger partial charge in [0, 0.05) is 11.8 Å². The van der Waals surface area contributed by atoms with E-state index in [4.69, 9.17) is 4.98 Å². The Labute approximate surface area is 124 Å². The van der Waals surface area contributed by atoms with Crippen LogP contribution in [0.25, 0.3) is 11.3 Å². The minimum absolute atomic E-state index is 1.11. The van der Waals surface area contributed by atoms with Gasteiger partial charge < -0.3 is 0 Å². The molecular weight excluding hydrogens is 258 g/mol. The van der Waals surface area contributed by atoms with Gasteiger partial charge in [-0.05, 0) is 30.2 Å². The van der Waals surface area contributed by atoms with Gasteiger partial charge in [-0.15, -0.1) is 0 Å². The lowest BCUT2D eigenvalue weighted by molar-refractivity contribution is 0.924. The van der Waals surface area contributed by atoms with Gasteiger partial charge in [0.25, 0.3) is 0 Å². The molecule has 2 heteroatoms. The smallest absolute Gasteiger partial charge is 0.0799 e. The molecule has 0 atom stereocenters. The predicted octanol–water partition coefficient (Wildman–Crippen LogP) is 4.55. The summed E-state index contributed by atoms with van der Waals surface area (Å²) in [7, 11) is -1.31. The molecule has 0 amide bonds. The number of rotatable bonds is 4. The molecule has 1 nitrogen and oxygen atoms in total. The van der Waals surface area contributed by atoms with Gasteiger partial charge in [-0.1, -0.05) is 62.8 Å². The molecule has 2 aromatic rings. The summed E-state index contributed by atoms with van der Waals surface area (Å²) < 4.78 is 0. The van der Waals surface area contributed by atoms with Crippen molar-refractivity contribution in [1.82, 2.24) is 4.98 Å². The van der Waals surface area contributed by atoms with Crippen molar-refractivity contribution >= 4 is 13.3 Å². The first-order valence-corrected chi connectivity index (χ1v) is 11.0. The third kappa shape index (κ3) is 3.37. The maximum atomic E-state index is 4.72. The van der Waals surface area contributed by atoms with Crippen LogP contribution in [-0.2, 0) is 6.42 Å². The van der Waals surface area contributed by atoms with Gasteiger partial charge in [-0.2, -0.15) is 0 Å². The summed E-state index contributed by atoms with van der Waals surface area (Å²) in [5, 5.41) is 1.51. The van der Waals surface area contributed by atoms with Gasteiger partial charge in [-0.3, -0.25) is 4.98 Å². The van der Waals surface area contributed by atoms with Gasteiger partial charge in [-0.25, -0.2) is 0 Å².